The predicted molar refractivity (Wildman–Crippen MR) is 159 cm³/mol. The monoisotopic (exact) mass is 571 g/mol. The molecule has 0 bridgehead atoms. The maximum absolute atomic E-state index is 16.9. The Morgan fingerprint density at radius 1 is 1.07 bits per heavy atom. The maximum atomic E-state index is 16.9. The molecule has 3 aliphatic heterocycles. The van der Waals surface area contributed by atoms with Gasteiger partial charge in [0.15, 0.2) is 5.82 Å². The number of H-pyrrole nitrogens is 1. The number of aromatic amines is 1. The molecule has 1 unspecified atom stereocenters. The number of fused-ring (bicyclic) bond motifs is 3. The molecule has 0 radical (unpaired) electrons. The molecule has 4 aliphatic rings. The van der Waals surface area contributed by atoms with Gasteiger partial charge in [-0.25, -0.2) is 4.39 Å². The number of benzene rings is 1. The number of aryl methyl sites for hydroxylation is 1. The zero-order valence-corrected chi connectivity index (χ0v) is 24.4. The molecule has 3 saturated heterocycles. The Morgan fingerprint density at radius 3 is 2.62 bits per heavy atom. The van der Waals surface area contributed by atoms with Crippen molar-refractivity contribution in [1.82, 2.24) is 30.0 Å². The Labute approximate surface area is 244 Å². The zero-order chi connectivity index (χ0) is 28.6. The molecular formula is C32H38FN7O2. The van der Waals surface area contributed by atoms with Gasteiger partial charge < -0.3 is 14.7 Å². The summed E-state index contributed by atoms with van der Waals surface area (Å²) in [6, 6.07) is 2.29. The number of pyridine rings is 1. The van der Waals surface area contributed by atoms with Crippen molar-refractivity contribution in [2.75, 3.05) is 37.7 Å². The minimum absolute atomic E-state index is 0.0167. The predicted octanol–water partition coefficient (Wildman–Crippen LogP) is 5.25. The second-order valence-electron chi connectivity index (χ2n) is 13.3. The van der Waals surface area contributed by atoms with E-state index in [9.17, 15) is 5.11 Å². The van der Waals surface area contributed by atoms with Crippen molar-refractivity contribution in [2.24, 2.45) is 0 Å². The minimum Gasteiger partial charge on any atom is -0.461 e. The normalized spacial score (nSPS) is 24.1. The molecule has 8 rings (SSSR count). The summed E-state index contributed by atoms with van der Waals surface area (Å²) in [5, 5.41) is 19.7. The summed E-state index contributed by atoms with van der Waals surface area (Å²) in [7, 11) is 0. The van der Waals surface area contributed by atoms with Gasteiger partial charge in [-0.1, -0.05) is 0 Å². The molecule has 2 N–H and O–H groups in total. The highest BCUT2D eigenvalue weighted by Crippen LogP contribution is 2.49. The van der Waals surface area contributed by atoms with Gasteiger partial charge in [-0.2, -0.15) is 15.1 Å². The first kappa shape index (κ1) is 26.3. The standard InChI is InChI=1S/C32H38FN7O2/c1-19-14-23-21(16-35-38-23)25(24(19)20-6-7-20)28-26(33)27-22(15-34-28)29(39-11-3-8-31(2,41)17-39)37-30(36-27)42-18-32-9-4-12-40(32)13-5-10-32/h14-16,20,41H,3-13,17-18H2,1-2H3,(H,35,38). The summed E-state index contributed by atoms with van der Waals surface area (Å²) in [4.78, 5) is 18.9. The van der Waals surface area contributed by atoms with Gasteiger partial charge in [-0.05, 0) is 101 Å². The van der Waals surface area contributed by atoms with Crippen molar-refractivity contribution in [3.05, 3.63) is 35.4 Å². The van der Waals surface area contributed by atoms with Crippen LogP contribution in [-0.2, 0) is 0 Å². The molecule has 4 aromatic rings. The smallest absolute Gasteiger partial charge is 0.319 e. The average molecular weight is 572 g/mol. The van der Waals surface area contributed by atoms with E-state index < -0.39 is 11.4 Å². The van der Waals surface area contributed by atoms with E-state index in [0.29, 0.717) is 43.2 Å². The lowest BCUT2D eigenvalue weighted by Crippen LogP contribution is -2.46. The van der Waals surface area contributed by atoms with E-state index in [1.165, 1.54) is 12.8 Å². The molecule has 6 heterocycles. The van der Waals surface area contributed by atoms with Crippen LogP contribution in [0.3, 0.4) is 0 Å². The summed E-state index contributed by atoms with van der Waals surface area (Å²) < 4.78 is 23.3. The molecule has 4 fully saturated rings. The summed E-state index contributed by atoms with van der Waals surface area (Å²) in [6.07, 6.45) is 11.7. The summed E-state index contributed by atoms with van der Waals surface area (Å²) in [6.45, 7) is 7.73. The number of aliphatic hydroxyl groups is 1. The number of nitrogens with zero attached hydrogens (tertiary/aromatic N) is 6. The molecular weight excluding hydrogens is 533 g/mol. The number of piperidine rings is 1. The fraction of sp³-hybridized carbons (Fsp3) is 0.562. The van der Waals surface area contributed by atoms with Crippen molar-refractivity contribution in [1.29, 1.82) is 0 Å². The number of rotatable bonds is 6. The number of anilines is 1. The van der Waals surface area contributed by atoms with Gasteiger partial charge in [-0.3, -0.25) is 15.0 Å². The lowest BCUT2D eigenvalue weighted by molar-refractivity contribution is 0.0447. The van der Waals surface area contributed by atoms with Crippen LogP contribution < -0.4 is 9.64 Å². The average Bonchev–Trinajstić information content (AvgIpc) is 3.35. The topological polar surface area (TPSA) is 103 Å². The molecule has 1 atom stereocenters. The third-order valence-electron chi connectivity index (χ3n) is 10.1. The Balaban J connectivity index is 1.28. The highest BCUT2D eigenvalue weighted by atomic mass is 19.1. The van der Waals surface area contributed by atoms with Crippen LogP contribution in [0, 0.1) is 12.7 Å². The Bertz CT molecular complexity index is 1690. The maximum Gasteiger partial charge on any atom is 0.319 e. The van der Waals surface area contributed by atoms with Crippen LogP contribution in [0.2, 0.25) is 0 Å². The second kappa shape index (κ2) is 9.57. The molecule has 0 spiro atoms. The summed E-state index contributed by atoms with van der Waals surface area (Å²) in [5.74, 6) is 0.494. The zero-order valence-electron chi connectivity index (χ0n) is 24.4. The fourth-order valence-electron chi connectivity index (χ4n) is 7.96. The first-order valence-electron chi connectivity index (χ1n) is 15.5. The number of nitrogens with one attached hydrogen (secondary N) is 1. The SMILES string of the molecule is Cc1cc2[nH]ncc2c(-c2ncc3c(N4CCCC(C)(O)C4)nc(OCC45CCCN4CCC5)nc3c2F)c1C1CC1. The Morgan fingerprint density at radius 2 is 1.86 bits per heavy atom. The largest absolute Gasteiger partial charge is 0.461 e. The van der Waals surface area contributed by atoms with Crippen molar-refractivity contribution in [2.45, 2.75) is 82.3 Å². The summed E-state index contributed by atoms with van der Waals surface area (Å²) in [5.41, 5.74) is 3.59. The molecule has 1 aromatic carbocycles. The molecule has 3 aromatic heterocycles. The van der Waals surface area contributed by atoms with Crippen LogP contribution in [0.15, 0.2) is 18.5 Å². The van der Waals surface area contributed by atoms with Crippen LogP contribution >= 0.6 is 0 Å². The summed E-state index contributed by atoms with van der Waals surface area (Å²) >= 11 is 0. The van der Waals surface area contributed by atoms with Gasteiger partial charge in [0, 0.05) is 30.2 Å². The Hall–Kier alpha value is -3.37. The lowest BCUT2D eigenvalue weighted by atomic mass is 9.92. The quantitative estimate of drug-likeness (QED) is 0.324. The minimum atomic E-state index is -0.858. The molecule has 9 nitrogen and oxygen atoms in total. The van der Waals surface area contributed by atoms with E-state index in [1.807, 2.05) is 11.8 Å². The van der Waals surface area contributed by atoms with Gasteiger partial charge in [0.2, 0.25) is 0 Å². The van der Waals surface area contributed by atoms with Gasteiger partial charge in [0.1, 0.15) is 23.6 Å². The van der Waals surface area contributed by atoms with Crippen molar-refractivity contribution >= 4 is 27.6 Å². The van der Waals surface area contributed by atoms with Crippen LogP contribution in [0.5, 0.6) is 6.01 Å². The van der Waals surface area contributed by atoms with Crippen molar-refractivity contribution in [3.8, 4) is 17.3 Å². The van der Waals surface area contributed by atoms with E-state index in [4.69, 9.17) is 19.7 Å². The van der Waals surface area contributed by atoms with Crippen LogP contribution in [0.4, 0.5) is 10.2 Å². The van der Waals surface area contributed by atoms with Crippen LogP contribution in [0.25, 0.3) is 33.1 Å². The van der Waals surface area contributed by atoms with E-state index in [1.54, 1.807) is 12.4 Å². The van der Waals surface area contributed by atoms with E-state index >= 15 is 4.39 Å². The Kier molecular flexibility index (Phi) is 5.99. The highest BCUT2D eigenvalue weighted by Gasteiger charge is 2.45. The van der Waals surface area contributed by atoms with Gasteiger partial charge >= 0.3 is 6.01 Å². The van der Waals surface area contributed by atoms with Crippen molar-refractivity contribution in [3.63, 3.8) is 0 Å². The van der Waals surface area contributed by atoms with E-state index in [2.05, 4.69) is 28.1 Å². The second-order valence-corrected chi connectivity index (χ2v) is 13.3. The van der Waals surface area contributed by atoms with E-state index in [-0.39, 0.29) is 22.8 Å². The first-order valence-corrected chi connectivity index (χ1v) is 15.5. The van der Waals surface area contributed by atoms with Gasteiger partial charge in [0.05, 0.1) is 28.2 Å². The highest BCUT2D eigenvalue weighted by molar-refractivity contribution is 5.99. The molecule has 0 amide bonds. The lowest BCUT2D eigenvalue weighted by Gasteiger charge is -2.38. The van der Waals surface area contributed by atoms with E-state index in [0.717, 1.165) is 72.8 Å². The molecule has 42 heavy (non-hydrogen) atoms. The third kappa shape index (κ3) is 4.25. The number of hydrogen-bond acceptors (Lipinski definition) is 8. The number of ether oxygens (including phenoxy) is 1. The number of aromatic nitrogens is 5. The third-order valence-corrected chi connectivity index (χ3v) is 10.1. The van der Waals surface area contributed by atoms with Crippen molar-refractivity contribution < 1.29 is 14.2 Å². The molecule has 1 aliphatic carbocycles. The molecule has 10 heteroatoms. The first-order chi connectivity index (χ1) is 20.3. The van der Waals surface area contributed by atoms with Gasteiger partial charge in [-0.15, -0.1) is 0 Å². The number of β-amino-alcohol motifs (C(OH)–C–C–N with tert-alkyl or cyclic N) is 1. The van der Waals surface area contributed by atoms with Crippen LogP contribution in [0.1, 0.15) is 75.3 Å². The number of halogens is 1. The molecule has 220 valence electrons. The molecule has 1 saturated carbocycles. The number of hydrogen-bond donors (Lipinski definition) is 2. The fourth-order valence-corrected chi connectivity index (χ4v) is 7.96. The van der Waals surface area contributed by atoms with Gasteiger partial charge in [0.25, 0.3) is 0 Å². The van der Waals surface area contributed by atoms with Crippen LogP contribution in [-0.4, -0.2) is 79.1 Å².